The first-order valence-electron chi connectivity index (χ1n) is 5.82. The van der Waals surface area contributed by atoms with Crippen LogP contribution in [0.4, 0.5) is 0 Å². The Morgan fingerprint density at radius 1 is 1.58 bits per heavy atom. The molecule has 0 fully saturated rings. The molecule has 3 heterocycles. The van der Waals surface area contributed by atoms with Crippen LogP contribution in [-0.2, 0) is 11.2 Å². The maximum Gasteiger partial charge on any atom is 0.348 e. The van der Waals surface area contributed by atoms with Crippen LogP contribution in [0.3, 0.4) is 0 Å². The van der Waals surface area contributed by atoms with Crippen molar-refractivity contribution in [3.63, 3.8) is 0 Å². The molecule has 19 heavy (non-hydrogen) atoms. The standard InChI is InChI=1S/C13H11BrN2O2S/c1-3-7-9-12(19-11(7)13(17)18-2)10-8(16-9)4-6(14)5-15-10/h4-5,16H,3H2,1-2H3. The molecular weight excluding hydrogens is 328 g/mol. The van der Waals surface area contributed by atoms with Crippen molar-refractivity contribution >= 4 is 54.5 Å². The van der Waals surface area contributed by atoms with E-state index in [9.17, 15) is 4.79 Å². The van der Waals surface area contributed by atoms with Crippen LogP contribution in [-0.4, -0.2) is 23.0 Å². The number of carbonyl (C=O) groups excluding carboxylic acids is 1. The van der Waals surface area contributed by atoms with E-state index < -0.39 is 0 Å². The van der Waals surface area contributed by atoms with Crippen LogP contribution in [0.1, 0.15) is 22.2 Å². The fourth-order valence-electron chi connectivity index (χ4n) is 2.21. The van der Waals surface area contributed by atoms with Gasteiger partial charge in [-0.25, -0.2) is 4.79 Å². The molecule has 3 aromatic heterocycles. The lowest BCUT2D eigenvalue weighted by Crippen LogP contribution is -2.01. The Morgan fingerprint density at radius 3 is 3.05 bits per heavy atom. The summed E-state index contributed by atoms with van der Waals surface area (Å²) in [6.07, 6.45) is 2.54. The largest absolute Gasteiger partial charge is 0.465 e. The minimum atomic E-state index is -0.281. The van der Waals surface area contributed by atoms with Crippen LogP contribution in [0.25, 0.3) is 21.3 Å². The van der Waals surface area contributed by atoms with Crippen LogP contribution in [0.5, 0.6) is 0 Å². The normalized spacial score (nSPS) is 11.3. The van der Waals surface area contributed by atoms with Gasteiger partial charge in [-0.15, -0.1) is 11.3 Å². The molecule has 4 nitrogen and oxygen atoms in total. The number of halogens is 1. The Balaban J connectivity index is 2.36. The summed E-state index contributed by atoms with van der Waals surface area (Å²) in [5, 5.41) is 0. The molecule has 0 unspecified atom stereocenters. The van der Waals surface area contributed by atoms with Crippen molar-refractivity contribution in [1.82, 2.24) is 9.97 Å². The zero-order chi connectivity index (χ0) is 13.6. The number of fused-ring (bicyclic) bond motifs is 3. The third-order valence-corrected chi connectivity index (χ3v) is 4.71. The molecular formula is C13H11BrN2O2S. The van der Waals surface area contributed by atoms with E-state index >= 15 is 0 Å². The van der Waals surface area contributed by atoms with Crippen molar-refractivity contribution in [2.24, 2.45) is 0 Å². The predicted octanol–water partition coefficient (Wildman–Crippen LogP) is 3.89. The van der Waals surface area contributed by atoms with Gasteiger partial charge in [0.05, 0.1) is 22.8 Å². The van der Waals surface area contributed by atoms with Gasteiger partial charge >= 0.3 is 5.97 Å². The first-order chi connectivity index (χ1) is 9.15. The van der Waals surface area contributed by atoms with Gasteiger partial charge in [-0.05, 0) is 28.4 Å². The van der Waals surface area contributed by atoms with E-state index in [4.69, 9.17) is 4.74 Å². The smallest absolute Gasteiger partial charge is 0.348 e. The lowest BCUT2D eigenvalue weighted by molar-refractivity contribution is 0.0605. The molecule has 0 amide bonds. The first-order valence-corrected chi connectivity index (χ1v) is 7.43. The number of thiophene rings is 1. The molecule has 0 aliphatic rings. The number of nitrogens with zero attached hydrogens (tertiary/aromatic N) is 1. The molecule has 0 saturated heterocycles. The lowest BCUT2D eigenvalue weighted by atomic mass is 10.2. The molecule has 3 aromatic rings. The van der Waals surface area contributed by atoms with Gasteiger partial charge in [0.15, 0.2) is 0 Å². The van der Waals surface area contributed by atoms with Crippen LogP contribution in [0.15, 0.2) is 16.7 Å². The molecule has 0 radical (unpaired) electrons. The summed E-state index contributed by atoms with van der Waals surface area (Å²) in [5.74, 6) is -0.281. The highest BCUT2D eigenvalue weighted by Gasteiger charge is 2.21. The molecule has 0 aromatic carbocycles. The third-order valence-electron chi connectivity index (χ3n) is 3.06. The van der Waals surface area contributed by atoms with Crippen molar-refractivity contribution in [3.8, 4) is 0 Å². The fourth-order valence-corrected chi connectivity index (χ4v) is 3.82. The topological polar surface area (TPSA) is 55.0 Å². The van der Waals surface area contributed by atoms with Gasteiger partial charge in [-0.1, -0.05) is 6.92 Å². The zero-order valence-corrected chi connectivity index (χ0v) is 12.8. The molecule has 1 N–H and O–H groups in total. The van der Waals surface area contributed by atoms with Crippen molar-refractivity contribution < 1.29 is 9.53 Å². The summed E-state index contributed by atoms with van der Waals surface area (Å²) in [6, 6.07) is 1.99. The van der Waals surface area contributed by atoms with E-state index in [-0.39, 0.29) is 5.97 Å². The van der Waals surface area contributed by atoms with E-state index in [1.807, 2.05) is 13.0 Å². The molecule has 98 valence electrons. The summed E-state index contributed by atoms with van der Waals surface area (Å²) in [4.78, 5) is 20.2. The second-order valence-electron chi connectivity index (χ2n) is 4.13. The van der Waals surface area contributed by atoms with Crippen molar-refractivity contribution in [2.45, 2.75) is 13.3 Å². The Morgan fingerprint density at radius 2 is 2.37 bits per heavy atom. The maximum absolute atomic E-state index is 11.8. The van der Waals surface area contributed by atoms with E-state index in [1.165, 1.54) is 18.4 Å². The molecule has 3 rings (SSSR count). The van der Waals surface area contributed by atoms with Crippen LogP contribution in [0, 0.1) is 0 Å². The van der Waals surface area contributed by atoms with Crippen LogP contribution < -0.4 is 0 Å². The molecule has 0 saturated carbocycles. The Bertz CT molecular complexity index is 791. The minimum Gasteiger partial charge on any atom is -0.465 e. The van der Waals surface area contributed by atoms with Gasteiger partial charge in [-0.2, -0.15) is 0 Å². The molecule has 6 heteroatoms. The Kier molecular flexibility index (Phi) is 3.06. The van der Waals surface area contributed by atoms with Gasteiger partial charge in [-0.3, -0.25) is 4.98 Å². The summed E-state index contributed by atoms with van der Waals surface area (Å²) < 4.78 is 6.78. The highest BCUT2D eigenvalue weighted by molar-refractivity contribution is 9.10. The first kappa shape index (κ1) is 12.6. The minimum absolute atomic E-state index is 0.281. The summed E-state index contributed by atoms with van der Waals surface area (Å²) in [6.45, 7) is 2.03. The van der Waals surface area contributed by atoms with Gasteiger partial charge in [0.2, 0.25) is 0 Å². The second kappa shape index (κ2) is 4.61. The Labute approximate surface area is 121 Å². The van der Waals surface area contributed by atoms with Crippen molar-refractivity contribution in [1.29, 1.82) is 0 Å². The van der Waals surface area contributed by atoms with Gasteiger partial charge < -0.3 is 9.72 Å². The number of aryl methyl sites for hydroxylation is 1. The number of hydrogen-bond donors (Lipinski definition) is 1. The highest BCUT2D eigenvalue weighted by atomic mass is 79.9. The number of pyridine rings is 1. The zero-order valence-electron chi connectivity index (χ0n) is 10.4. The number of carbonyl (C=O) groups is 1. The van der Waals surface area contributed by atoms with Crippen LogP contribution >= 0.6 is 27.3 Å². The highest BCUT2D eigenvalue weighted by Crippen LogP contribution is 2.37. The van der Waals surface area contributed by atoms with E-state index in [1.54, 1.807) is 6.20 Å². The fraction of sp³-hybridized carbons (Fsp3) is 0.231. The number of esters is 1. The van der Waals surface area contributed by atoms with Gasteiger partial charge in [0.25, 0.3) is 0 Å². The SMILES string of the molecule is CCc1c(C(=O)OC)sc2c1[nH]c1cc(Br)cnc12. The van der Waals surface area contributed by atoms with Crippen molar-refractivity contribution in [2.75, 3.05) is 7.11 Å². The number of aromatic nitrogens is 2. The monoisotopic (exact) mass is 338 g/mol. The maximum atomic E-state index is 11.8. The molecule has 0 atom stereocenters. The van der Waals surface area contributed by atoms with E-state index in [2.05, 4.69) is 25.9 Å². The molecule has 0 bridgehead atoms. The predicted molar refractivity (Wildman–Crippen MR) is 79.9 cm³/mol. The second-order valence-corrected chi connectivity index (χ2v) is 6.07. The summed E-state index contributed by atoms with van der Waals surface area (Å²) >= 11 is 4.85. The average molecular weight is 339 g/mol. The number of nitrogens with one attached hydrogen (secondary N) is 1. The average Bonchev–Trinajstić information content (AvgIpc) is 2.92. The number of hydrogen-bond acceptors (Lipinski definition) is 4. The van der Waals surface area contributed by atoms with Crippen molar-refractivity contribution in [3.05, 3.63) is 27.2 Å². The molecule has 0 spiro atoms. The number of ether oxygens (including phenoxy) is 1. The third kappa shape index (κ3) is 1.86. The summed E-state index contributed by atoms with van der Waals surface area (Å²) in [5.41, 5.74) is 3.87. The Hall–Kier alpha value is -1.40. The number of H-pyrrole nitrogens is 1. The molecule has 0 aliphatic carbocycles. The van der Waals surface area contributed by atoms with Crippen LogP contribution in [0.2, 0.25) is 0 Å². The summed E-state index contributed by atoms with van der Waals surface area (Å²) in [7, 11) is 1.41. The number of aromatic amines is 1. The number of methoxy groups -OCH3 is 1. The van der Waals surface area contributed by atoms with Gasteiger partial charge in [0, 0.05) is 16.2 Å². The lowest BCUT2D eigenvalue weighted by Gasteiger charge is -1.99. The molecule has 0 aliphatic heterocycles. The van der Waals surface area contributed by atoms with Gasteiger partial charge in [0.1, 0.15) is 10.4 Å². The quantitative estimate of drug-likeness (QED) is 0.721. The van der Waals surface area contributed by atoms with E-state index in [0.29, 0.717) is 4.88 Å². The number of rotatable bonds is 2. The van der Waals surface area contributed by atoms with E-state index in [0.717, 1.165) is 37.7 Å².